The molecule has 1 fully saturated rings. The number of carbonyl (C=O) groups excluding carboxylic acids is 2. The number of hydrogen-bond acceptors (Lipinski definition) is 3. The van der Waals surface area contributed by atoms with Crippen molar-refractivity contribution in [3.8, 4) is 0 Å². The van der Waals surface area contributed by atoms with Crippen LogP contribution in [0.15, 0.2) is 24.3 Å². The molecule has 0 saturated carbocycles. The second kappa shape index (κ2) is 7.13. The number of nitrogens with two attached hydrogens (primary N) is 1. The molecule has 0 bridgehead atoms. The third kappa shape index (κ3) is 3.72. The van der Waals surface area contributed by atoms with Gasteiger partial charge in [0, 0.05) is 26.2 Å². The highest BCUT2D eigenvalue weighted by Gasteiger charge is 2.30. The molecule has 2 amide bonds. The highest BCUT2D eigenvalue weighted by molar-refractivity contribution is 5.84. The van der Waals surface area contributed by atoms with Gasteiger partial charge in [-0.2, -0.15) is 0 Å². The van der Waals surface area contributed by atoms with Gasteiger partial charge in [0.1, 0.15) is 0 Å². The molecule has 1 atom stereocenters. The predicted molar refractivity (Wildman–Crippen MR) is 89.0 cm³/mol. The monoisotopic (exact) mass is 315 g/mol. The highest BCUT2D eigenvalue weighted by atomic mass is 16.2. The van der Waals surface area contributed by atoms with Crippen LogP contribution in [0.3, 0.4) is 0 Å². The quantitative estimate of drug-likeness (QED) is 0.909. The van der Waals surface area contributed by atoms with E-state index < -0.39 is 0 Å². The molecule has 1 heterocycles. The average molecular weight is 315 g/mol. The first kappa shape index (κ1) is 16.0. The minimum Gasteiger partial charge on any atom is -0.369 e. The molecule has 0 unspecified atom stereocenters. The van der Waals surface area contributed by atoms with Crippen LogP contribution in [0.1, 0.15) is 36.3 Å². The van der Waals surface area contributed by atoms with E-state index in [1.54, 1.807) is 0 Å². The van der Waals surface area contributed by atoms with Crippen LogP contribution >= 0.6 is 0 Å². The third-order valence-electron chi connectivity index (χ3n) is 4.95. The van der Waals surface area contributed by atoms with Crippen molar-refractivity contribution in [2.24, 2.45) is 5.73 Å². The standard InChI is InChI=1S/C18H25N3O2/c19-17(22)13-20-9-4-10-21(12-11-20)18(23)16-8-3-6-14-5-1-2-7-15(14)16/h1-2,5,7,16H,3-4,6,8-13H2,(H2,19,22)/t16-/m0/s1. The van der Waals surface area contributed by atoms with Crippen molar-refractivity contribution >= 4 is 11.8 Å². The molecule has 1 aromatic carbocycles. The van der Waals surface area contributed by atoms with Crippen LogP contribution in [0, 0.1) is 0 Å². The van der Waals surface area contributed by atoms with Gasteiger partial charge in [0.05, 0.1) is 12.5 Å². The van der Waals surface area contributed by atoms with E-state index in [0.29, 0.717) is 6.54 Å². The Morgan fingerprint density at radius 2 is 1.91 bits per heavy atom. The van der Waals surface area contributed by atoms with Crippen LogP contribution in [0.4, 0.5) is 0 Å². The molecule has 5 heteroatoms. The zero-order valence-corrected chi connectivity index (χ0v) is 13.5. The minimum absolute atomic E-state index is 0.00244. The summed E-state index contributed by atoms with van der Waals surface area (Å²) in [6, 6.07) is 8.33. The zero-order valence-electron chi connectivity index (χ0n) is 13.5. The van der Waals surface area contributed by atoms with Gasteiger partial charge in [-0.25, -0.2) is 0 Å². The lowest BCUT2D eigenvalue weighted by atomic mass is 9.82. The van der Waals surface area contributed by atoms with Crippen LogP contribution < -0.4 is 5.73 Å². The van der Waals surface area contributed by atoms with E-state index in [1.165, 1.54) is 11.1 Å². The molecule has 0 radical (unpaired) electrons. The third-order valence-corrected chi connectivity index (χ3v) is 4.95. The summed E-state index contributed by atoms with van der Waals surface area (Å²) >= 11 is 0. The zero-order chi connectivity index (χ0) is 16.2. The second-order valence-corrected chi connectivity index (χ2v) is 6.56. The van der Waals surface area contributed by atoms with Gasteiger partial charge in [-0.05, 0) is 36.8 Å². The van der Waals surface area contributed by atoms with Crippen molar-refractivity contribution in [3.05, 3.63) is 35.4 Å². The fraction of sp³-hybridized carbons (Fsp3) is 0.556. The molecule has 1 aliphatic carbocycles. The van der Waals surface area contributed by atoms with Gasteiger partial charge in [0.2, 0.25) is 11.8 Å². The molecule has 5 nitrogen and oxygen atoms in total. The number of hydrogen-bond donors (Lipinski definition) is 1. The first-order valence-corrected chi connectivity index (χ1v) is 8.52. The largest absolute Gasteiger partial charge is 0.369 e. The number of primary amides is 1. The van der Waals surface area contributed by atoms with Crippen molar-refractivity contribution in [2.75, 3.05) is 32.7 Å². The van der Waals surface area contributed by atoms with Gasteiger partial charge in [0.25, 0.3) is 0 Å². The Kier molecular flexibility index (Phi) is 4.96. The Bertz CT molecular complexity index is 587. The van der Waals surface area contributed by atoms with Gasteiger partial charge < -0.3 is 10.6 Å². The summed E-state index contributed by atoms with van der Waals surface area (Å²) in [5, 5.41) is 0. The normalized spacial score (nSPS) is 22.3. The summed E-state index contributed by atoms with van der Waals surface area (Å²) in [6.45, 7) is 3.29. The van der Waals surface area contributed by atoms with E-state index in [-0.39, 0.29) is 24.3 Å². The number of fused-ring (bicyclic) bond motifs is 1. The lowest BCUT2D eigenvalue weighted by molar-refractivity contribution is -0.133. The van der Waals surface area contributed by atoms with Gasteiger partial charge in [-0.1, -0.05) is 24.3 Å². The number of nitrogens with zero attached hydrogens (tertiary/aromatic N) is 2. The first-order chi connectivity index (χ1) is 11.1. The molecule has 23 heavy (non-hydrogen) atoms. The summed E-state index contributed by atoms with van der Waals surface area (Å²) in [7, 11) is 0. The van der Waals surface area contributed by atoms with Crippen molar-refractivity contribution in [1.29, 1.82) is 0 Å². The van der Waals surface area contributed by atoms with Crippen molar-refractivity contribution < 1.29 is 9.59 Å². The van der Waals surface area contributed by atoms with Crippen LogP contribution in [-0.4, -0.2) is 54.3 Å². The van der Waals surface area contributed by atoms with E-state index in [4.69, 9.17) is 5.73 Å². The molecule has 2 aliphatic rings. The van der Waals surface area contributed by atoms with E-state index in [0.717, 1.165) is 45.3 Å². The molecular weight excluding hydrogens is 290 g/mol. The Morgan fingerprint density at radius 1 is 1.09 bits per heavy atom. The number of benzene rings is 1. The van der Waals surface area contributed by atoms with E-state index in [9.17, 15) is 9.59 Å². The summed E-state index contributed by atoms with van der Waals surface area (Å²) < 4.78 is 0. The molecule has 1 saturated heterocycles. The number of aryl methyl sites for hydroxylation is 1. The Hall–Kier alpha value is -1.88. The highest BCUT2D eigenvalue weighted by Crippen LogP contribution is 2.33. The Labute approximate surface area is 137 Å². The van der Waals surface area contributed by atoms with E-state index >= 15 is 0 Å². The summed E-state index contributed by atoms with van der Waals surface area (Å²) in [5.74, 6) is -0.0494. The minimum atomic E-state index is -0.300. The summed E-state index contributed by atoms with van der Waals surface area (Å²) in [4.78, 5) is 28.1. The molecule has 0 spiro atoms. The topological polar surface area (TPSA) is 66.6 Å². The SMILES string of the molecule is NC(=O)CN1CCCN(C(=O)[C@H]2CCCc3ccccc32)CC1. The summed E-state index contributed by atoms with van der Waals surface area (Å²) in [6.07, 6.45) is 3.99. The smallest absolute Gasteiger partial charge is 0.231 e. The predicted octanol–water partition coefficient (Wildman–Crippen LogP) is 1.13. The number of rotatable bonds is 3. The summed E-state index contributed by atoms with van der Waals surface area (Å²) in [5.41, 5.74) is 7.81. The molecule has 3 rings (SSSR count). The molecule has 1 aliphatic heterocycles. The molecule has 124 valence electrons. The van der Waals surface area contributed by atoms with Crippen LogP contribution in [0.2, 0.25) is 0 Å². The fourth-order valence-corrected chi connectivity index (χ4v) is 3.80. The fourth-order valence-electron chi connectivity index (χ4n) is 3.80. The lowest BCUT2D eigenvalue weighted by Gasteiger charge is -2.30. The maximum Gasteiger partial charge on any atom is 0.231 e. The Balaban J connectivity index is 1.68. The van der Waals surface area contributed by atoms with Crippen molar-refractivity contribution in [1.82, 2.24) is 9.80 Å². The second-order valence-electron chi connectivity index (χ2n) is 6.56. The first-order valence-electron chi connectivity index (χ1n) is 8.52. The molecule has 0 aromatic heterocycles. The maximum atomic E-state index is 13.0. The van der Waals surface area contributed by atoms with Gasteiger partial charge in [0.15, 0.2) is 0 Å². The van der Waals surface area contributed by atoms with Crippen LogP contribution in [-0.2, 0) is 16.0 Å². The maximum absolute atomic E-state index is 13.0. The van der Waals surface area contributed by atoms with Gasteiger partial charge >= 0.3 is 0 Å². The van der Waals surface area contributed by atoms with Gasteiger partial charge in [-0.3, -0.25) is 14.5 Å². The number of amides is 2. The van der Waals surface area contributed by atoms with E-state index in [2.05, 4.69) is 18.2 Å². The number of carbonyl (C=O) groups is 2. The Morgan fingerprint density at radius 3 is 2.74 bits per heavy atom. The molecule has 2 N–H and O–H groups in total. The van der Waals surface area contributed by atoms with Crippen LogP contribution in [0.25, 0.3) is 0 Å². The molecular formula is C18H25N3O2. The molecule has 1 aromatic rings. The van der Waals surface area contributed by atoms with Crippen LogP contribution in [0.5, 0.6) is 0 Å². The lowest BCUT2D eigenvalue weighted by Crippen LogP contribution is -2.40. The average Bonchev–Trinajstić information content (AvgIpc) is 2.79. The van der Waals surface area contributed by atoms with Crippen molar-refractivity contribution in [3.63, 3.8) is 0 Å². The van der Waals surface area contributed by atoms with Gasteiger partial charge in [-0.15, -0.1) is 0 Å². The van der Waals surface area contributed by atoms with E-state index in [1.807, 2.05) is 15.9 Å². The van der Waals surface area contributed by atoms with Crippen molar-refractivity contribution in [2.45, 2.75) is 31.6 Å².